The van der Waals surface area contributed by atoms with Crippen molar-refractivity contribution in [3.8, 4) is 28.8 Å². The third-order valence-corrected chi connectivity index (χ3v) is 4.88. The van der Waals surface area contributed by atoms with Crippen molar-refractivity contribution < 1.29 is 14.3 Å². The van der Waals surface area contributed by atoms with E-state index in [0.717, 1.165) is 16.7 Å². The maximum Gasteiger partial charge on any atom is 0.342 e. The van der Waals surface area contributed by atoms with Gasteiger partial charge in [0, 0.05) is 18.0 Å². The molecular formula is C26H21N3O3. The van der Waals surface area contributed by atoms with E-state index in [0.29, 0.717) is 23.7 Å². The monoisotopic (exact) mass is 423 g/mol. The molecule has 0 aliphatic heterocycles. The number of carbonyl (C=O) groups is 1. The molecule has 0 amide bonds. The molecule has 0 saturated heterocycles. The Morgan fingerprint density at radius 1 is 1.06 bits per heavy atom. The van der Waals surface area contributed by atoms with Crippen LogP contribution in [0.5, 0.6) is 5.75 Å². The van der Waals surface area contributed by atoms with E-state index < -0.39 is 5.97 Å². The fourth-order valence-corrected chi connectivity index (χ4v) is 3.32. The molecule has 0 unspecified atom stereocenters. The second kappa shape index (κ2) is 9.63. The minimum Gasteiger partial charge on any atom is -0.486 e. The number of nitriles is 1. The van der Waals surface area contributed by atoms with E-state index in [1.54, 1.807) is 23.8 Å². The van der Waals surface area contributed by atoms with Crippen LogP contribution in [0.25, 0.3) is 16.9 Å². The Morgan fingerprint density at radius 2 is 1.78 bits per heavy atom. The summed E-state index contributed by atoms with van der Waals surface area (Å²) in [6, 6.07) is 23.2. The standard InChI is InChI=1S/C26H21N3O3/c1-2-31-26(30)22-13-25(28-15-24(22)32-18-19-9-5-3-6-10-19)29-16-21(14-27)23(17-29)20-11-7-4-8-12-20/h3-13,15-17H,2,18H2,1H3. The molecule has 0 bridgehead atoms. The van der Waals surface area contributed by atoms with Crippen LogP contribution < -0.4 is 4.74 Å². The lowest BCUT2D eigenvalue weighted by Gasteiger charge is -2.12. The summed E-state index contributed by atoms with van der Waals surface area (Å²) in [7, 11) is 0. The van der Waals surface area contributed by atoms with Gasteiger partial charge in [0.15, 0.2) is 5.75 Å². The highest BCUT2D eigenvalue weighted by Crippen LogP contribution is 2.28. The molecule has 158 valence electrons. The number of hydrogen-bond acceptors (Lipinski definition) is 5. The summed E-state index contributed by atoms with van der Waals surface area (Å²) in [5, 5.41) is 9.60. The lowest BCUT2D eigenvalue weighted by atomic mass is 10.1. The van der Waals surface area contributed by atoms with Crippen LogP contribution in [0.4, 0.5) is 0 Å². The third-order valence-electron chi connectivity index (χ3n) is 4.88. The molecule has 0 N–H and O–H groups in total. The maximum atomic E-state index is 12.6. The molecule has 0 radical (unpaired) electrons. The van der Waals surface area contributed by atoms with E-state index >= 15 is 0 Å². The van der Waals surface area contributed by atoms with Gasteiger partial charge in [-0.1, -0.05) is 60.7 Å². The van der Waals surface area contributed by atoms with Gasteiger partial charge in [-0.25, -0.2) is 9.78 Å². The number of ether oxygens (including phenoxy) is 2. The maximum absolute atomic E-state index is 12.6. The van der Waals surface area contributed by atoms with Gasteiger partial charge in [-0.05, 0) is 24.1 Å². The molecule has 0 aliphatic rings. The molecule has 2 heterocycles. The predicted octanol–water partition coefficient (Wildman–Crippen LogP) is 5.17. The molecule has 0 aliphatic carbocycles. The zero-order valence-electron chi connectivity index (χ0n) is 17.6. The lowest BCUT2D eigenvalue weighted by Crippen LogP contribution is -2.10. The van der Waals surface area contributed by atoms with Crippen LogP contribution in [0.1, 0.15) is 28.4 Å². The number of pyridine rings is 1. The number of esters is 1. The number of rotatable bonds is 7. The highest BCUT2D eigenvalue weighted by atomic mass is 16.5. The fourth-order valence-electron chi connectivity index (χ4n) is 3.32. The molecule has 0 fully saturated rings. The Balaban J connectivity index is 1.69. The Kier molecular flexibility index (Phi) is 6.28. The molecule has 32 heavy (non-hydrogen) atoms. The second-order valence-corrected chi connectivity index (χ2v) is 7.00. The summed E-state index contributed by atoms with van der Waals surface area (Å²) in [4.78, 5) is 17.1. The number of benzene rings is 2. The average Bonchev–Trinajstić information content (AvgIpc) is 3.28. The van der Waals surface area contributed by atoms with E-state index in [1.165, 1.54) is 6.20 Å². The van der Waals surface area contributed by atoms with E-state index in [9.17, 15) is 10.1 Å². The van der Waals surface area contributed by atoms with Gasteiger partial charge in [0.25, 0.3) is 0 Å². The van der Waals surface area contributed by atoms with E-state index in [1.807, 2.05) is 66.9 Å². The fraction of sp³-hybridized carbons (Fsp3) is 0.115. The Bertz CT molecular complexity index is 1260. The van der Waals surface area contributed by atoms with E-state index in [-0.39, 0.29) is 12.2 Å². The van der Waals surface area contributed by atoms with Crippen molar-refractivity contribution in [2.24, 2.45) is 0 Å². The van der Waals surface area contributed by atoms with Crippen LogP contribution in [-0.4, -0.2) is 22.1 Å². The van der Waals surface area contributed by atoms with Gasteiger partial charge < -0.3 is 14.0 Å². The summed E-state index contributed by atoms with van der Waals surface area (Å²) in [5.74, 6) is 0.334. The van der Waals surface area contributed by atoms with E-state index in [4.69, 9.17) is 9.47 Å². The Hall–Kier alpha value is -4.37. The summed E-state index contributed by atoms with van der Waals surface area (Å²) in [6.45, 7) is 2.30. The summed E-state index contributed by atoms with van der Waals surface area (Å²) in [5.41, 5.74) is 3.48. The smallest absolute Gasteiger partial charge is 0.342 e. The van der Waals surface area contributed by atoms with Crippen molar-refractivity contribution >= 4 is 5.97 Å². The van der Waals surface area contributed by atoms with Crippen molar-refractivity contribution in [1.29, 1.82) is 5.26 Å². The van der Waals surface area contributed by atoms with Crippen molar-refractivity contribution in [3.05, 3.63) is 102 Å². The molecule has 0 atom stereocenters. The number of carbonyl (C=O) groups excluding carboxylic acids is 1. The number of nitrogens with zero attached hydrogens (tertiary/aromatic N) is 3. The zero-order valence-corrected chi connectivity index (χ0v) is 17.6. The second-order valence-electron chi connectivity index (χ2n) is 7.00. The van der Waals surface area contributed by atoms with Crippen molar-refractivity contribution in [2.75, 3.05) is 6.61 Å². The van der Waals surface area contributed by atoms with Gasteiger partial charge in [0.05, 0.1) is 18.4 Å². The lowest BCUT2D eigenvalue weighted by molar-refractivity contribution is 0.0521. The Morgan fingerprint density at radius 3 is 2.47 bits per heavy atom. The molecular weight excluding hydrogens is 402 g/mol. The predicted molar refractivity (Wildman–Crippen MR) is 120 cm³/mol. The summed E-state index contributed by atoms with van der Waals surface area (Å²) < 4.78 is 12.8. The van der Waals surface area contributed by atoms with Gasteiger partial charge in [-0.3, -0.25) is 0 Å². The van der Waals surface area contributed by atoms with Crippen molar-refractivity contribution in [3.63, 3.8) is 0 Å². The van der Waals surface area contributed by atoms with Crippen LogP contribution in [0.15, 0.2) is 85.3 Å². The largest absolute Gasteiger partial charge is 0.486 e. The molecule has 4 rings (SSSR count). The van der Waals surface area contributed by atoms with Gasteiger partial charge in [-0.2, -0.15) is 5.26 Å². The first-order valence-corrected chi connectivity index (χ1v) is 10.2. The SMILES string of the molecule is CCOC(=O)c1cc(-n2cc(C#N)c(-c3ccccc3)c2)ncc1OCc1ccccc1. The minimum atomic E-state index is -0.491. The molecule has 0 saturated carbocycles. The summed E-state index contributed by atoms with van der Waals surface area (Å²) in [6.07, 6.45) is 5.04. The van der Waals surface area contributed by atoms with Crippen molar-refractivity contribution in [2.45, 2.75) is 13.5 Å². The van der Waals surface area contributed by atoms with Gasteiger partial charge in [0.1, 0.15) is 24.1 Å². The van der Waals surface area contributed by atoms with Crippen LogP contribution in [-0.2, 0) is 11.3 Å². The third kappa shape index (κ3) is 4.52. The molecule has 4 aromatic rings. The molecule has 6 heteroatoms. The topological polar surface area (TPSA) is 77.1 Å². The first-order valence-electron chi connectivity index (χ1n) is 10.2. The van der Waals surface area contributed by atoms with Crippen LogP contribution in [0.3, 0.4) is 0 Å². The highest BCUT2D eigenvalue weighted by molar-refractivity contribution is 5.93. The zero-order chi connectivity index (χ0) is 22.3. The quantitative estimate of drug-likeness (QED) is 0.384. The minimum absolute atomic E-state index is 0.245. The highest BCUT2D eigenvalue weighted by Gasteiger charge is 2.18. The Labute approximate surface area is 186 Å². The van der Waals surface area contributed by atoms with Gasteiger partial charge in [-0.15, -0.1) is 0 Å². The first kappa shape index (κ1) is 20.9. The molecule has 2 aromatic heterocycles. The van der Waals surface area contributed by atoms with E-state index in [2.05, 4.69) is 11.1 Å². The van der Waals surface area contributed by atoms with Crippen LogP contribution in [0, 0.1) is 11.3 Å². The number of hydrogen-bond donors (Lipinski definition) is 0. The molecule has 2 aromatic carbocycles. The normalized spacial score (nSPS) is 10.4. The van der Waals surface area contributed by atoms with Crippen LogP contribution in [0.2, 0.25) is 0 Å². The summed E-state index contributed by atoms with van der Waals surface area (Å²) >= 11 is 0. The molecule has 6 nitrogen and oxygen atoms in total. The van der Waals surface area contributed by atoms with Crippen molar-refractivity contribution in [1.82, 2.24) is 9.55 Å². The van der Waals surface area contributed by atoms with Gasteiger partial charge >= 0.3 is 5.97 Å². The molecule has 0 spiro atoms. The van der Waals surface area contributed by atoms with Crippen LogP contribution >= 0.6 is 0 Å². The average molecular weight is 423 g/mol. The van der Waals surface area contributed by atoms with Gasteiger partial charge in [0.2, 0.25) is 0 Å². The first-order chi connectivity index (χ1) is 15.7. The number of aromatic nitrogens is 2.